The van der Waals surface area contributed by atoms with Crippen LogP contribution in [0, 0.1) is 13.8 Å². The number of nitrogens with zero attached hydrogens (tertiary/aromatic N) is 2. The molecule has 2 amide bonds. The quantitative estimate of drug-likeness (QED) is 0.513. The summed E-state index contributed by atoms with van der Waals surface area (Å²) in [6, 6.07) is 16.3. The first-order chi connectivity index (χ1) is 16.4. The summed E-state index contributed by atoms with van der Waals surface area (Å²) in [5.74, 6) is -0.316. The van der Waals surface area contributed by atoms with Gasteiger partial charge in [0, 0.05) is 25.8 Å². The fourth-order valence-corrected chi connectivity index (χ4v) is 4.78. The summed E-state index contributed by atoms with van der Waals surface area (Å²) in [7, 11) is 3.95. The monoisotopic (exact) mass is 459 g/mol. The molecule has 6 heteroatoms. The lowest BCUT2D eigenvalue weighted by molar-refractivity contribution is -0.123. The van der Waals surface area contributed by atoms with Crippen LogP contribution in [0.3, 0.4) is 0 Å². The van der Waals surface area contributed by atoms with E-state index in [1.165, 1.54) is 6.26 Å². The molecule has 1 N–H and O–H groups in total. The normalized spacial score (nSPS) is 14.6. The third-order valence-electron chi connectivity index (χ3n) is 6.56. The van der Waals surface area contributed by atoms with Crippen molar-refractivity contribution < 1.29 is 14.0 Å². The van der Waals surface area contributed by atoms with Gasteiger partial charge in [-0.2, -0.15) is 0 Å². The maximum atomic E-state index is 13.9. The molecule has 3 aromatic rings. The van der Waals surface area contributed by atoms with Crippen molar-refractivity contribution in [1.82, 2.24) is 5.32 Å². The van der Waals surface area contributed by atoms with Gasteiger partial charge in [0.2, 0.25) is 5.91 Å². The van der Waals surface area contributed by atoms with E-state index in [0.717, 1.165) is 53.7 Å². The molecule has 34 heavy (non-hydrogen) atoms. The van der Waals surface area contributed by atoms with Crippen LogP contribution < -0.4 is 15.1 Å². The lowest BCUT2D eigenvalue weighted by Gasteiger charge is -2.34. The van der Waals surface area contributed by atoms with Crippen molar-refractivity contribution in [1.29, 1.82) is 0 Å². The molecule has 178 valence electrons. The zero-order valence-electron chi connectivity index (χ0n) is 20.4. The van der Waals surface area contributed by atoms with Crippen LogP contribution in [0.2, 0.25) is 0 Å². The van der Waals surface area contributed by atoms with Crippen LogP contribution in [0.25, 0.3) is 0 Å². The first-order valence-corrected chi connectivity index (χ1v) is 11.9. The highest BCUT2D eigenvalue weighted by atomic mass is 16.3. The molecule has 0 saturated heterocycles. The number of para-hydroxylation sites is 1. The smallest absolute Gasteiger partial charge is 0.294 e. The molecular formula is C28H33N3O3. The summed E-state index contributed by atoms with van der Waals surface area (Å²) < 4.78 is 5.50. The first kappa shape index (κ1) is 23.6. The Hall–Kier alpha value is -3.54. The van der Waals surface area contributed by atoms with Crippen LogP contribution in [0.15, 0.2) is 65.3 Å². The number of nitrogens with one attached hydrogen (secondary N) is 1. The number of aryl methyl sites for hydroxylation is 2. The second-order valence-corrected chi connectivity index (χ2v) is 9.27. The minimum Gasteiger partial charge on any atom is -0.459 e. The highest BCUT2D eigenvalue weighted by Crippen LogP contribution is 2.35. The minimum absolute atomic E-state index is 0.134. The van der Waals surface area contributed by atoms with Gasteiger partial charge in [-0.15, -0.1) is 0 Å². The van der Waals surface area contributed by atoms with E-state index in [1.807, 2.05) is 75.3 Å². The Morgan fingerprint density at radius 2 is 1.59 bits per heavy atom. The van der Waals surface area contributed by atoms with Crippen LogP contribution in [-0.2, 0) is 4.79 Å². The second kappa shape index (κ2) is 10.2. The zero-order chi connectivity index (χ0) is 24.2. The van der Waals surface area contributed by atoms with Crippen molar-refractivity contribution in [2.45, 2.75) is 51.6 Å². The number of hydrogen-bond acceptors (Lipinski definition) is 4. The molecule has 2 aromatic carbocycles. The average molecular weight is 460 g/mol. The highest BCUT2D eigenvalue weighted by molar-refractivity contribution is 6.09. The summed E-state index contributed by atoms with van der Waals surface area (Å²) >= 11 is 0. The predicted molar refractivity (Wildman–Crippen MR) is 135 cm³/mol. The Bertz CT molecular complexity index is 1110. The van der Waals surface area contributed by atoms with Gasteiger partial charge in [-0.3, -0.25) is 14.5 Å². The van der Waals surface area contributed by atoms with Gasteiger partial charge < -0.3 is 14.6 Å². The SMILES string of the molecule is Cc1cccc(C)c1N(C(=O)c1ccco1)[C@H](C(=O)NC1CCCC1)c1ccc(N(C)C)cc1. The summed E-state index contributed by atoms with van der Waals surface area (Å²) in [5.41, 5.74) is 4.34. The van der Waals surface area contributed by atoms with Gasteiger partial charge in [0.15, 0.2) is 5.76 Å². The van der Waals surface area contributed by atoms with Gasteiger partial charge in [0.25, 0.3) is 5.91 Å². The molecule has 1 saturated carbocycles. The lowest BCUT2D eigenvalue weighted by atomic mass is 9.98. The van der Waals surface area contributed by atoms with E-state index in [9.17, 15) is 9.59 Å². The Morgan fingerprint density at radius 3 is 2.15 bits per heavy atom. The Kier molecular flexibility index (Phi) is 7.06. The molecule has 0 bridgehead atoms. The fourth-order valence-electron chi connectivity index (χ4n) is 4.78. The molecule has 1 aromatic heterocycles. The molecule has 1 heterocycles. The van der Waals surface area contributed by atoms with Crippen molar-refractivity contribution in [2.75, 3.05) is 23.9 Å². The fraction of sp³-hybridized carbons (Fsp3) is 0.357. The molecule has 4 rings (SSSR count). The molecule has 0 aliphatic heterocycles. The van der Waals surface area contributed by atoms with Gasteiger partial charge >= 0.3 is 0 Å². The van der Waals surface area contributed by atoms with Crippen molar-refractivity contribution >= 4 is 23.2 Å². The van der Waals surface area contributed by atoms with Gasteiger partial charge in [-0.25, -0.2) is 0 Å². The predicted octanol–water partition coefficient (Wildman–Crippen LogP) is 5.41. The van der Waals surface area contributed by atoms with E-state index < -0.39 is 6.04 Å². The largest absolute Gasteiger partial charge is 0.459 e. The van der Waals surface area contributed by atoms with E-state index in [-0.39, 0.29) is 23.6 Å². The Balaban J connectivity index is 1.86. The van der Waals surface area contributed by atoms with E-state index in [2.05, 4.69) is 5.32 Å². The Labute approximate surface area is 201 Å². The van der Waals surface area contributed by atoms with Crippen LogP contribution >= 0.6 is 0 Å². The third-order valence-corrected chi connectivity index (χ3v) is 6.56. The van der Waals surface area contributed by atoms with Gasteiger partial charge in [-0.05, 0) is 67.6 Å². The molecule has 1 aliphatic rings. The second-order valence-electron chi connectivity index (χ2n) is 9.27. The topological polar surface area (TPSA) is 65.8 Å². The number of benzene rings is 2. The third kappa shape index (κ3) is 4.86. The average Bonchev–Trinajstić information content (AvgIpc) is 3.52. The number of hydrogen-bond donors (Lipinski definition) is 1. The molecule has 6 nitrogen and oxygen atoms in total. The Morgan fingerprint density at radius 1 is 0.941 bits per heavy atom. The molecular weight excluding hydrogens is 426 g/mol. The van der Waals surface area contributed by atoms with Crippen LogP contribution in [0.4, 0.5) is 11.4 Å². The first-order valence-electron chi connectivity index (χ1n) is 11.9. The van der Waals surface area contributed by atoms with Gasteiger partial charge in [0.1, 0.15) is 6.04 Å². The summed E-state index contributed by atoms with van der Waals surface area (Å²) in [6.45, 7) is 3.93. The highest BCUT2D eigenvalue weighted by Gasteiger charge is 2.37. The van der Waals surface area contributed by atoms with Gasteiger partial charge in [-0.1, -0.05) is 43.2 Å². The molecule has 0 unspecified atom stereocenters. The van der Waals surface area contributed by atoms with Crippen molar-refractivity contribution in [2.24, 2.45) is 0 Å². The van der Waals surface area contributed by atoms with Gasteiger partial charge in [0.05, 0.1) is 12.0 Å². The summed E-state index contributed by atoms with van der Waals surface area (Å²) in [4.78, 5) is 31.4. The van der Waals surface area contributed by atoms with E-state index in [4.69, 9.17) is 4.42 Å². The summed E-state index contributed by atoms with van der Waals surface area (Å²) in [5, 5.41) is 3.23. The minimum atomic E-state index is -0.839. The number of carbonyl (C=O) groups excluding carboxylic acids is 2. The van der Waals surface area contributed by atoms with E-state index in [0.29, 0.717) is 0 Å². The number of carbonyl (C=O) groups is 2. The molecule has 0 spiro atoms. The standard InChI is InChI=1S/C28H33N3O3/c1-19-9-7-10-20(2)25(19)31(28(33)24-13-8-18-34-24)26(27(32)29-22-11-5-6-12-22)21-14-16-23(17-15-21)30(3)4/h7-10,13-18,22,26H,5-6,11-12H2,1-4H3,(H,29,32)/t26-/m0/s1. The van der Waals surface area contributed by atoms with Crippen LogP contribution in [-0.4, -0.2) is 32.0 Å². The maximum absolute atomic E-state index is 13.9. The maximum Gasteiger partial charge on any atom is 0.294 e. The van der Waals surface area contributed by atoms with Crippen LogP contribution in [0.5, 0.6) is 0 Å². The number of furan rings is 1. The zero-order valence-corrected chi connectivity index (χ0v) is 20.4. The summed E-state index contributed by atoms with van der Waals surface area (Å²) in [6.07, 6.45) is 5.63. The molecule has 1 fully saturated rings. The van der Waals surface area contributed by atoms with E-state index in [1.54, 1.807) is 17.0 Å². The van der Waals surface area contributed by atoms with Crippen molar-refractivity contribution in [3.63, 3.8) is 0 Å². The van der Waals surface area contributed by atoms with Crippen LogP contribution in [0.1, 0.15) is 59.0 Å². The lowest BCUT2D eigenvalue weighted by Crippen LogP contribution is -2.46. The molecule has 0 radical (unpaired) electrons. The number of amides is 2. The van der Waals surface area contributed by atoms with Crippen molar-refractivity contribution in [3.8, 4) is 0 Å². The number of anilines is 2. The van der Waals surface area contributed by atoms with E-state index >= 15 is 0 Å². The number of rotatable bonds is 7. The molecule has 1 atom stereocenters. The van der Waals surface area contributed by atoms with Crippen molar-refractivity contribution in [3.05, 3.63) is 83.3 Å². The molecule has 1 aliphatic carbocycles.